The van der Waals surface area contributed by atoms with Gasteiger partial charge in [-0.2, -0.15) is 0 Å². The van der Waals surface area contributed by atoms with Crippen molar-refractivity contribution in [1.82, 2.24) is 0 Å². The number of sulfonamides is 1. The summed E-state index contributed by atoms with van der Waals surface area (Å²) in [5.74, 6) is -4.48. The molecule has 9 heteroatoms. The predicted molar refractivity (Wildman–Crippen MR) is 74.3 cm³/mol. The second-order valence-corrected chi connectivity index (χ2v) is 6.30. The quantitative estimate of drug-likeness (QED) is 0.844. The topological polar surface area (TPSA) is 57.6 Å². The van der Waals surface area contributed by atoms with E-state index in [1.807, 2.05) is 0 Å². The molecule has 0 spiro atoms. The Morgan fingerprint density at radius 2 is 1.48 bits per heavy atom. The molecule has 0 saturated heterocycles. The molecule has 0 saturated carbocycles. The molecule has 0 aromatic heterocycles. The second-order valence-electron chi connectivity index (χ2n) is 4.47. The number of rotatable bonds is 5. The van der Waals surface area contributed by atoms with Crippen LogP contribution in [0.2, 0.25) is 0 Å². The zero-order chi connectivity index (χ0) is 17.2. The molecule has 23 heavy (non-hydrogen) atoms. The first-order valence-corrected chi connectivity index (χ1v) is 7.75. The van der Waals surface area contributed by atoms with Gasteiger partial charge in [0.15, 0.2) is 0 Å². The number of hydrogen-bond donors (Lipinski definition) is 1. The van der Waals surface area contributed by atoms with E-state index in [1.54, 1.807) is 0 Å². The second kappa shape index (κ2) is 6.55. The van der Waals surface area contributed by atoms with E-state index in [9.17, 15) is 26.0 Å². The van der Waals surface area contributed by atoms with Gasteiger partial charge in [0.1, 0.15) is 28.2 Å². The third kappa shape index (κ3) is 3.45. The Kier molecular flexibility index (Phi) is 4.90. The Morgan fingerprint density at radius 3 is 2.00 bits per heavy atom. The van der Waals surface area contributed by atoms with E-state index in [0.717, 1.165) is 18.2 Å². The molecule has 0 bridgehead atoms. The van der Waals surface area contributed by atoms with Crippen LogP contribution in [0, 0.1) is 23.3 Å². The molecule has 124 valence electrons. The monoisotopic (exact) mass is 349 g/mol. The molecule has 0 aliphatic carbocycles. The first-order valence-electron chi connectivity index (χ1n) is 6.31. The Morgan fingerprint density at radius 1 is 0.913 bits per heavy atom. The van der Waals surface area contributed by atoms with Crippen molar-refractivity contribution in [2.24, 2.45) is 0 Å². The van der Waals surface area contributed by atoms with Crippen LogP contribution in [-0.2, 0) is 10.0 Å². The SMILES string of the molecule is O=S(=O)(c1ccc(F)cc1F)N(CCO)c1ccc(F)cc1F. The normalized spacial score (nSPS) is 11.5. The highest BCUT2D eigenvalue weighted by Crippen LogP contribution is 2.28. The summed E-state index contributed by atoms with van der Waals surface area (Å²) in [5.41, 5.74) is -0.566. The molecule has 0 amide bonds. The van der Waals surface area contributed by atoms with E-state index in [-0.39, 0.29) is 0 Å². The fourth-order valence-electron chi connectivity index (χ4n) is 1.95. The van der Waals surface area contributed by atoms with Gasteiger partial charge in [-0.1, -0.05) is 0 Å². The minimum atomic E-state index is -4.63. The average Bonchev–Trinajstić information content (AvgIpc) is 2.45. The molecule has 2 aromatic rings. The van der Waals surface area contributed by atoms with Crippen molar-refractivity contribution in [2.45, 2.75) is 4.90 Å². The maximum atomic E-state index is 13.9. The van der Waals surface area contributed by atoms with Crippen LogP contribution in [0.4, 0.5) is 23.2 Å². The first-order chi connectivity index (χ1) is 10.8. The zero-order valence-corrected chi connectivity index (χ0v) is 12.3. The van der Waals surface area contributed by atoms with Gasteiger partial charge in [0.05, 0.1) is 18.8 Å². The number of aliphatic hydroxyl groups excluding tert-OH is 1. The smallest absolute Gasteiger partial charge is 0.267 e. The summed E-state index contributed by atoms with van der Waals surface area (Å²) in [5, 5.41) is 9.01. The van der Waals surface area contributed by atoms with Gasteiger partial charge in [-0.3, -0.25) is 4.31 Å². The van der Waals surface area contributed by atoms with Gasteiger partial charge >= 0.3 is 0 Å². The molecule has 2 rings (SSSR count). The van der Waals surface area contributed by atoms with Crippen LogP contribution >= 0.6 is 0 Å². The molecule has 0 fully saturated rings. The van der Waals surface area contributed by atoms with Crippen molar-refractivity contribution in [3.8, 4) is 0 Å². The van der Waals surface area contributed by atoms with Gasteiger partial charge in [-0.25, -0.2) is 26.0 Å². The fraction of sp³-hybridized carbons (Fsp3) is 0.143. The van der Waals surface area contributed by atoms with Crippen LogP contribution in [0.15, 0.2) is 41.3 Å². The lowest BCUT2D eigenvalue weighted by atomic mass is 10.3. The van der Waals surface area contributed by atoms with Crippen LogP contribution < -0.4 is 4.31 Å². The van der Waals surface area contributed by atoms with E-state index in [1.165, 1.54) is 0 Å². The van der Waals surface area contributed by atoms with Crippen LogP contribution in [-0.4, -0.2) is 26.7 Å². The summed E-state index contributed by atoms with van der Waals surface area (Å²) in [7, 11) is -4.63. The van der Waals surface area contributed by atoms with Crippen LogP contribution in [0.1, 0.15) is 0 Å². The molecule has 2 aromatic carbocycles. The highest BCUT2D eigenvalue weighted by atomic mass is 32.2. The molecule has 0 radical (unpaired) electrons. The van der Waals surface area contributed by atoms with Crippen LogP contribution in [0.5, 0.6) is 0 Å². The number of halogens is 4. The van der Waals surface area contributed by atoms with Crippen molar-refractivity contribution in [3.05, 3.63) is 59.7 Å². The molecular weight excluding hydrogens is 338 g/mol. The maximum absolute atomic E-state index is 13.9. The van der Waals surface area contributed by atoms with Crippen molar-refractivity contribution in [3.63, 3.8) is 0 Å². The van der Waals surface area contributed by atoms with Gasteiger partial charge in [0, 0.05) is 12.1 Å². The predicted octanol–water partition coefficient (Wildman–Crippen LogP) is 2.43. The number of nitrogens with zero attached hydrogens (tertiary/aromatic N) is 1. The summed E-state index contributed by atoms with van der Waals surface area (Å²) in [6, 6.07) is 3.90. The summed E-state index contributed by atoms with van der Waals surface area (Å²) < 4.78 is 78.9. The fourth-order valence-corrected chi connectivity index (χ4v) is 3.46. The minimum absolute atomic E-state index is 0.366. The van der Waals surface area contributed by atoms with Gasteiger partial charge in [-0.05, 0) is 24.3 Å². The first kappa shape index (κ1) is 17.2. The van der Waals surface area contributed by atoms with E-state index >= 15 is 0 Å². The molecular formula is C14H11F4NO3S. The maximum Gasteiger partial charge on any atom is 0.267 e. The lowest BCUT2D eigenvalue weighted by molar-refractivity contribution is 0.306. The lowest BCUT2D eigenvalue weighted by Crippen LogP contribution is -2.35. The Labute approximate surface area is 129 Å². The zero-order valence-electron chi connectivity index (χ0n) is 11.5. The van der Waals surface area contributed by atoms with E-state index in [4.69, 9.17) is 5.11 Å². The molecule has 0 aliphatic heterocycles. The Bertz CT molecular complexity index is 827. The van der Waals surface area contributed by atoms with E-state index in [2.05, 4.69) is 0 Å². The van der Waals surface area contributed by atoms with Crippen molar-refractivity contribution in [1.29, 1.82) is 0 Å². The van der Waals surface area contributed by atoms with Gasteiger partial charge in [0.2, 0.25) is 0 Å². The molecule has 1 N–H and O–H groups in total. The van der Waals surface area contributed by atoms with Crippen molar-refractivity contribution < 1.29 is 31.1 Å². The van der Waals surface area contributed by atoms with Gasteiger partial charge < -0.3 is 5.11 Å². The van der Waals surface area contributed by atoms with Gasteiger partial charge in [0.25, 0.3) is 10.0 Å². The highest BCUT2D eigenvalue weighted by molar-refractivity contribution is 7.92. The summed E-state index contributed by atoms with van der Waals surface area (Å²) >= 11 is 0. The minimum Gasteiger partial charge on any atom is -0.394 e. The largest absolute Gasteiger partial charge is 0.394 e. The third-order valence-corrected chi connectivity index (χ3v) is 4.79. The van der Waals surface area contributed by atoms with Gasteiger partial charge in [-0.15, -0.1) is 0 Å². The van der Waals surface area contributed by atoms with Crippen LogP contribution in [0.3, 0.4) is 0 Å². The molecule has 4 nitrogen and oxygen atoms in total. The van der Waals surface area contributed by atoms with E-state index < -0.39 is 57.0 Å². The number of benzene rings is 2. The van der Waals surface area contributed by atoms with Crippen molar-refractivity contribution >= 4 is 15.7 Å². The molecule has 0 atom stereocenters. The number of hydrogen-bond acceptors (Lipinski definition) is 3. The molecule has 0 heterocycles. The Hall–Kier alpha value is -2.13. The standard InChI is InChI=1S/C14H11F4NO3S/c15-9-1-3-13(11(17)7-9)19(5-6-20)23(21,22)14-4-2-10(16)8-12(14)18/h1-4,7-8,20H,5-6H2. The van der Waals surface area contributed by atoms with E-state index in [0.29, 0.717) is 22.5 Å². The summed E-state index contributed by atoms with van der Waals surface area (Å²) in [6.45, 7) is -1.29. The van der Waals surface area contributed by atoms with Crippen LogP contribution in [0.25, 0.3) is 0 Å². The lowest BCUT2D eigenvalue weighted by Gasteiger charge is -2.24. The average molecular weight is 349 g/mol. The highest BCUT2D eigenvalue weighted by Gasteiger charge is 2.29. The Balaban J connectivity index is 2.59. The molecule has 0 unspecified atom stereocenters. The number of aliphatic hydroxyl groups is 1. The summed E-state index contributed by atoms with van der Waals surface area (Å²) in [6.07, 6.45) is 0. The summed E-state index contributed by atoms with van der Waals surface area (Å²) in [4.78, 5) is -0.893. The molecule has 0 aliphatic rings. The third-order valence-electron chi connectivity index (χ3n) is 2.94. The van der Waals surface area contributed by atoms with Crippen molar-refractivity contribution in [2.75, 3.05) is 17.5 Å². The number of anilines is 1.